The molecule has 0 aliphatic heterocycles. The van der Waals surface area contributed by atoms with Gasteiger partial charge in [0, 0.05) is 34.9 Å². The Balaban J connectivity index is 1.33. The van der Waals surface area contributed by atoms with Gasteiger partial charge in [-0.1, -0.05) is 11.3 Å². The second-order valence-electron chi connectivity index (χ2n) is 11.4. The van der Waals surface area contributed by atoms with Crippen molar-refractivity contribution in [1.82, 2.24) is 15.0 Å². The Morgan fingerprint density at radius 1 is 0.764 bits per heavy atom. The lowest BCUT2D eigenvalue weighted by molar-refractivity contribution is -0.392. The summed E-state index contributed by atoms with van der Waals surface area (Å²) in [6, 6.07) is 12.8. The van der Waals surface area contributed by atoms with Crippen molar-refractivity contribution in [3.63, 3.8) is 0 Å². The van der Waals surface area contributed by atoms with Crippen LogP contribution < -0.4 is 20.1 Å². The number of benzene rings is 3. The van der Waals surface area contributed by atoms with Crippen LogP contribution in [0.4, 0.5) is 39.5 Å². The van der Waals surface area contributed by atoms with Crippen LogP contribution in [0.3, 0.4) is 0 Å². The first-order chi connectivity index (χ1) is 25.9. The predicted molar refractivity (Wildman–Crippen MR) is 200 cm³/mol. The fraction of sp³-hybridized carbons (Fsp3) is 0.156. The molecule has 0 saturated carbocycles. The first-order valence-corrected chi connectivity index (χ1v) is 19.4. The molecule has 0 fully saturated rings. The Morgan fingerprint density at radius 3 is 1.78 bits per heavy atom. The number of nitro groups is 2. The van der Waals surface area contributed by atoms with Crippen LogP contribution in [0.15, 0.2) is 76.5 Å². The van der Waals surface area contributed by atoms with Gasteiger partial charge in [0.05, 0.1) is 37.5 Å². The minimum Gasteiger partial charge on any atom is -0.462 e. The van der Waals surface area contributed by atoms with Gasteiger partial charge in [-0.2, -0.15) is 0 Å². The van der Waals surface area contributed by atoms with E-state index in [-0.39, 0.29) is 49.4 Å². The smallest absolute Gasteiger partial charge is 0.350 e. The van der Waals surface area contributed by atoms with Crippen molar-refractivity contribution in [1.29, 1.82) is 0 Å². The molecule has 4 N–H and O–H groups in total. The van der Waals surface area contributed by atoms with E-state index < -0.39 is 64.4 Å². The first-order valence-electron chi connectivity index (χ1n) is 15.6. The quantitative estimate of drug-likeness (QED) is 0.0616. The molecule has 23 heteroatoms. The van der Waals surface area contributed by atoms with Gasteiger partial charge in [-0.15, -0.1) is 0 Å². The molecule has 0 aliphatic rings. The Bertz CT molecular complexity index is 2510. The van der Waals surface area contributed by atoms with E-state index in [1.165, 1.54) is 31.2 Å². The molecule has 2 heterocycles. The van der Waals surface area contributed by atoms with Gasteiger partial charge >= 0.3 is 17.3 Å². The van der Waals surface area contributed by atoms with Gasteiger partial charge in [0.2, 0.25) is 5.95 Å². The molecule has 5 rings (SSSR count). The van der Waals surface area contributed by atoms with Crippen LogP contribution in [-0.4, -0.2) is 60.1 Å². The van der Waals surface area contributed by atoms with Crippen LogP contribution in [-0.2, 0) is 24.8 Å². The Labute approximate surface area is 316 Å². The summed E-state index contributed by atoms with van der Waals surface area (Å²) in [7, 11) is -8.36. The van der Waals surface area contributed by atoms with Gasteiger partial charge in [-0.25, -0.2) is 41.3 Å². The molecule has 0 unspecified atom stereocenters. The summed E-state index contributed by atoms with van der Waals surface area (Å²) in [5.74, 6) is -1.79. The largest absolute Gasteiger partial charge is 0.462 e. The lowest BCUT2D eigenvalue weighted by atomic mass is 10.1. The Kier molecular flexibility index (Phi) is 11.4. The molecule has 3 aromatic carbocycles. The molecule has 0 radical (unpaired) electrons. The van der Waals surface area contributed by atoms with E-state index in [0.717, 1.165) is 47.7 Å². The number of rotatable bonds is 14. The first kappa shape index (κ1) is 39.6. The number of aromatic nitrogens is 3. The lowest BCUT2D eigenvalue weighted by Gasteiger charge is -2.12. The molecular formula is C32H29N9O11S3. The van der Waals surface area contributed by atoms with Crippen LogP contribution in [0.2, 0.25) is 0 Å². The fourth-order valence-electron chi connectivity index (χ4n) is 4.89. The summed E-state index contributed by atoms with van der Waals surface area (Å²) < 4.78 is 61.2. The number of esters is 1. The summed E-state index contributed by atoms with van der Waals surface area (Å²) in [6.07, 6.45) is 0. The summed E-state index contributed by atoms with van der Waals surface area (Å²) in [6.45, 7) is 6.59. The summed E-state index contributed by atoms with van der Waals surface area (Å²) >= 11 is 0.786. The van der Waals surface area contributed by atoms with Gasteiger partial charge in [0.15, 0.2) is 10.8 Å². The van der Waals surface area contributed by atoms with Gasteiger partial charge in [0.1, 0.15) is 4.88 Å². The molecule has 0 saturated heterocycles. The topological polar surface area (TPSA) is 285 Å². The third-order valence-electron chi connectivity index (χ3n) is 7.30. The van der Waals surface area contributed by atoms with E-state index in [9.17, 15) is 46.7 Å². The van der Waals surface area contributed by atoms with Crippen molar-refractivity contribution in [3.8, 4) is 0 Å². The third-order valence-corrected chi connectivity index (χ3v) is 11.2. The molecule has 0 spiro atoms. The number of nitro benzene ring substituents is 2. The maximum atomic E-state index is 13.2. The monoisotopic (exact) mass is 811 g/mol. The van der Waals surface area contributed by atoms with E-state index >= 15 is 0 Å². The molecule has 55 heavy (non-hydrogen) atoms. The van der Waals surface area contributed by atoms with E-state index in [2.05, 4.69) is 35.0 Å². The number of anilines is 5. The zero-order chi connectivity index (χ0) is 40.2. The van der Waals surface area contributed by atoms with Crippen molar-refractivity contribution in [3.05, 3.63) is 114 Å². The average molecular weight is 812 g/mol. The molecule has 286 valence electrons. The second-order valence-corrected chi connectivity index (χ2v) is 15.7. The van der Waals surface area contributed by atoms with E-state index in [1.807, 2.05) is 0 Å². The number of carbonyl (C=O) groups is 2. The number of aryl methyl sites for hydroxylation is 3. The minimum atomic E-state index is -4.20. The van der Waals surface area contributed by atoms with Gasteiger partial charge in [0.25, 0.3) is 26.0 Å². The Morgan fingerprint density at radius 2 is 1.27 bits per heavy atom. The van der Waals surface area contributed by atoms with Crippen molar-refractivity contribution in [2.45, 2.75) is 37.5 Å². The molecule has 20 nitrogen and oxygen atoms in total. The molecule has 0 aliphatic carbocycles. The highest BCUT2D eigenvalue weighted by atomic mass is 32.2. The molecule has 2 aromatic heterocycles. The van der Waals surface area contributed by atoms with Crippen molar-refractivity contribution < 1.29 is 41.0 Å². The van der Waals surface area contributed by atoms with Crippen molar-refractivity contribution >= 4 is 82.8 Å². The van der Waals surface area contributed by atoms with Crippen LogP contribution in [0, 0.1) is 41.0 Å². The number of carbonyl (C=O) groups excluding carboxylic acids is 2. The van der Waals surface area contributed by atoms with E-state index in [0.29, 0.717) is 11.4 Å². The zero-order valence-corrected chi connectivity index (χ0v) is 31.5. The van der Waals surface area contributed by atoms with E-state index in [1.54, 1.807) is 26.8 Å². The zero-order valence-electron chi connectivity index (χ0n) is 29.0. The molecule has 0 atom stereocenters. The number of amides is 1. The SMILES string of the molecule is CCOC(=O)c1sc(NS(=O)(=O)c2ccc(NC(=O)c3cc([N+](=O)[O-])c(Nc4ccc(S(=O)(=O)Nc5nc(C)cc(C)n5)cc4)c([N+](=O)[O-])c3)cc2)nc1C. The van der Waals surface area contributed by atoms with Crippen LogP contribution >= 0.6 is 11.3 Å². The van der Waals surface area contributed by atoms with Crippen LogP contribution in [0.1, 0.15) is 44.0 Å². The van der Waals surface area contributed by atoms with Gasteiger partial charge < -0.3 is 15.4 Å². The number of nitrogens with one attached hydrogen (secondary N) is 4. The molecule has 0 bridgehead atoms. The summed E-state index contributed by atoms with van der Waals surface area (Å²) in [5.41, 5.74) is -1.34. The predicted octanol–water partition coefficient (Wildman–Crippen LogP) is 5.45. The Hall–Kier alpha value is -6.59. The molecular weight excluding hydrogens is 783 g/mol. The van der Waals surface area contributed by atoms with Gasteiger partial charge in [-0.05, 0) is 82.3 Å². The van der Waals surface area contributed by atoms with Gasteiger partial charge in [-0.3, -0.25) is 29.7 Å². The molecule has 5 aromatic rings. The number of thiazole rings is 1. The van der Waals surface area contributed by atoms with Crippen molar-refractivity contribution in [2.75, 3.05) is 26.7 Å². The third kappa shape index (κ3) is 9.32. The summed E-state index contributed by atoms with van der Waals surface area (Å²) in [5, 5.41) is 29.1. The van der Waals surface area contributed by atoms with Crippen LogP contribution in [0.25, 0.3) is 0 Å². The maximum Gasteiger partial charge on any atom is 0.350 e. The minimum absolute atomic E-state index is 0.0407. The number of sulfonamides is 2. The van der Waals surface area contributed by atoms with E-state index in [4.69, 9.17) is 4.74 Å². The highest BCUT2D eigenvalue weighted by Gasteiger charge is 2.29. The second kappa shape index (κ2) is 15.8. The maximum absolute atomic E-state index is 13.2. The number of nitrogens with zero attached hydrogens (tertiary/aromatic N) is 5. The lowest BCUT2D eigenvalue weighted by Crippen LogP contribution is -2.16. The standard InChI is InChI=1S/C32H29N9O11S3/c1-5-52-30(43)28-19(4)35-32(53-28)39-55(50,51)24-12-8-22(9-13-24)37-29(42)20-15-25(40(44)45)27(26(16-20)41(46)47)36-21-6-10-23(11-7-21)54(48,49)38-31-33-17(2)14-18(3)34-31/h6-16,36H,5H2,1-4H3,(H,35,39)(H,37,42)(H,33,34,38). The van der Waals surface area contributed by atoms with Crippen molar-refractivity contribution in [2.24, 2.45) is 0 Å². The average Bonchev–Trinajstić information content (AvgIpc) is 3.46. The number of hydrogen-bond acceptors (Lipinski definition) is 16. The number of ether oxygens (including phenoxy) is 1. The normalized spacial score (nSPS) is 11.3. The highest BCUT2D eigenvalue weighted by Crippen LogP contribution is 2.38. The highest BCUT2D eigenvalue weighted by molar-refractivity contribution is 7.93. The van der Waals surface area contributed by atoms with Crippen LogP contribution in [0.5, 0.6) is 0 Å². The molecule has 1 amide bonds. The number of hydrogen-bond donors (Lipinski definition) is 4. The summed E-state index contributed by atoms with van der Waals surface area (Å²) in [4.78, 5) is 59.4. The fourth-order valence-corrected chi connectivity index (χ4v) is 7.93.